The fraction of sp³-hybridized carbons (Fsp3) is 0.235. The van der Waals surface area contributed by atoms with Crippen molar-refractivity contribution in [1.82, 2.24) is 4.57 Å². The first-order chi connectivity index (χ1) is 10.6. The van der Waals surface area contributed by atoms with Crippen LogP contribution < -0.4 is 15.2 Å². The van der Waals surface area contributed by atoms with Gasteiger partial charge in [0, 0.05) is 6.07 Å². The standard InChI is InChI=1S/C17H17NO4/c1-11-4-5-16-15(6-11)18(17(19)22-16)10-12-7-13(20-2)9-14(8-12)21-3/h4-9H,10H2,1-3H3. The third-order valence-electron chi connectivity index (χ3n) is 3.57. The quantitative estimate of drug-likeness (QED) is 0.743. The van der Waals surface area contributed by atoms with Crippen molar-refractivity contribution < 1.29 is 13.9 Å². The Morgan fingerprint density at radius 2 is 1.73 bits per heavy atom. The van der Waals surface area contributed by atoms with Gasteiger partial charge in [0.2, 0.25) is 0 Å². The van der Waals surface area contributed by atoms with Crippen LogP contribution in [0.4, 0.5) is 0 Å². The van der Waals surface area contributed by atoms with Crippen LogP contribution in [0.2, 0.25) is 0 Å². The first-order valence-corrected chi connectivity index (χ1v) is 6.92. The predicted molar refractivity (Wildman–Crippen MR) is 83.9 cm³/mol. The zero-order chi connectivity index (χ0) is 15.7. The Balaban J connectivity index is 2.08. The minimum atomic E-state index is -0.373. The first-order valence-electron chi connectivity index (χ1n) is 6.92. The van der Waals surface area contributed by atoms with E-state index in [0.717, 1.165) is 16.6 Å². The van der Waals surface area contributed by atoms with E-state index in [1.54, 1.807) is 24.9 Å². The number of ether oxygens (including phenoxy) is 2. The smallest absolute Gasteiger partial charge is 0.420 e. The topological polar surface area (TPSA) is 53.6 Å². The van der Waals surface area contributed by atoms with Gasteiger partial charge in [0.15, 0.2) is 5.58 Å². The molecule has 0 spiro atoms. The van der Waals surface area contributed by atoms with Gasteiger partial charge < -0.3 is 13.9 Å². The third kappa shape index (κ3) is 2.57. The maximum absolute atomic E-state index is 12.1. The average molecular weight is 299 g/mol. The molecule has 5 heteroatoms. The second-order valence-electron chi connectivity index (χ2n) is 5.15. The van der Waals surface area contributed by atoms with Gasteiger partial charge in [-0.15, -0.1) is 0 Å². The van der Waals surface area contributed by atoms with E-state index in [1.165, 1.54) is 0 Å². The summed E-state index contributed by atoms with van der Waals surface area (Å²) in [5, 5.41) is 0. The number of fused-ring (bicyclic) bond motifs is 1. The molecule has 3 rings (SSSR count). The highest BCUT2D eigenvalue weighted by molar-refractivity contribution is 5.73. The Morgan fingerprint density at radius 3 is 2.36 bits per heavy atom. The molecule has 0 bridgehead atoms. The summed E-state index contributed by atoms with van der Waals surface area (Å²) in [6, 6.07) is 11.2. The Morgan fingerprint density at radius 1 is 1.05 bits per heavy atom. The normalized spacial score (nSPS) is 10.9. The number of rotatable bonds is 4. The van der Waals surface area contributed by atoms with Gasteiger partial charge in [0.25, 0.3) is 0 Å². The maximum Gasteiger partial charge on any atom is 0.420 e. The van der Waals surface area contributed by atoms with E-state index < -0.39 is 0 Å². The van der Waals surface area contributed by atoms with Crippen molar-refractivity contribution in [2.75, 3.05) is 14.2 Å². The second-order valence-corrected chi connectivity index (χ2v) is 5.15. The van der Waals surface area contributed by atoms with Crippen molar-refractivity contribution in [3.8, 4) is 11.5 Å². The summed E-state index contributed by atoms with van der Waals surface area (Å²) >= 11 is 0. The summed E-state index contributed by atoms with van der Waals surface area (Å²) in [6.45, 7) is 2.37. The van der Waals surface area contributed by atoms with E-state index in [9.17, 15) is 4.79 Å². The summed E-state index contributed by atoms with van der Waals surface area (Å²) in [5.74, 6) is 1.00. The SMILES string of the molecule is COc1cc(Cn2c(=O)oc3ccc(C)cc32)cc(OC)c1. The van der Waals surface area contributed by atoms with Crippen molar-refractivity contribution in [2.24, 2.45) is 0 Å². The molecule has 0 unspecified atom stereocenters. The van der Waals surface area contributed by atoms with Crippen molar-refractivity contribution in [3.63, 3.8) is 0 Å². The molecule has 0 saturated carbocycles. The van der Waals surface area contributed by atoms with Crippen molar-refractivity contribution in [2.45, 2.75) is 13.5 Å². The van der Waals surface area contributed by atoms with Crippen LogP contribution in [0.5, 0.6) is 11.5 Å². The molecule has 5 nitrogen and oxygen atoms in total. The molecule has 1 heterocycles. The molecule has 0 saturated heterocycles. The summed E-state index contributed by atoms with van der Waals surface area (Å²) in [7, 11) is 3.20. The highest BCUT2D eigenvalue weighted by atomic mass is 16.5. The van der Waals surface area contributed by atoms with Gasteiger partial charge in [-0.05, 0) is 42.3 Å². The van der Waals surface area contributed by atoms with Gasteiger partial charge in [-0.25, -0.2) is 4.79 Å². The van der Waals surface area contributed by atoms with Crippen molar-refractivity contribution >= 4 is 11.1 Å². The average Bonchev–Trinajstić information content (AvgIpc) is 2.82. The van der Waals surface area contributed by atoms with Crippen LogP contribution in [0.3, 0.4) is 0 Å². The van der Waals surface area contributed by atoms with Crippen LogP contribution in [0.25, 0.3) is 11.1 Å². The highest BCUT2D eigenvalue weighted by Gasteiger charge is 2.11. The molecule has 0 radical (unpaired) electrons. The van der Waals surface area contributed by atoms with E-state index in [2.05, 4.69) is 0 Å². The van der Waals surface area contributed by atoms with Gasteiger partial charge >= 0.3 is 5.76 Å². The Hall–Kier alpha value is -2.69. The zero-order valence-corrected chi connectivity index (χ0v) is 12.8. The number of hydrogen-bond acceptors (Lipinski definition) is 4. The van der Waals surface area contributed by atoms with E-state index in [4.69, 9.17) is 13.9 Å². The number of aromatic nitrogens is 1. The van der Waals surface area contributed by atoms with Crippen LogP contribution in [0.1, 0.15) is 11.1 Å². The lowest BCUT2D eigenvalue weighted by atomic mass is 10.2. The lowest BCUT2D eigenvalue weighted by Crippen LogP contribution is -2.15. The van der Waals surface area contributed by atoms with Gasteiger partial charge in [0.1, 0.15) is 11.5 Å². The molecule has 22 heavy (non-hydrogen) atoms. The number of methoxy groups -OCH3 is 2. The number of nitrogens with zero attached hydrogens (tertiary/aromatic N) is 1. The van der Waals surface area contributed by atoms with Crippen LogP contribution in [0.15, 0.2) is 45.6 Å². The van der Waals surface area contributed by atoms with Crippen LogP contribution in [0, 0.1) is 6.92 Å². The molecule has 0 N–H and O–H groups in total. The van der Waals surface area contributed by atoms with E-state index >= 15 is 0 Å². The largest absolute Gasteiger partial charge is 0.497 e. The number of benzene rings is 2. The lowest BCUT2D eigenvalue weighted by Gasteiger charge is -2.09. The molecular formula is C17H17NO4. The maximum atomic E-state index is 12.1. The summed E-state index contributed by atoms with van der Waals surface area (Å²) in [6.07, 6.45) is 0. The summed E-state index contributed by atoms with van der Waals surface area (Å²) in [4.78, 5) is 12.1. The molecule has 114 valence electrons. The predicted octanol–water partition coefficient (Wildman–Crippen LogP) is 2.97. The Bertz CT molecular complexity index is 854. The summed E-state index contributed by atoms with van der Waals surface area (Å²) in [5.41, 5.74) is 3.35. The van der Waals surface area contributed by atoms with Gasteiger partial charge in [-0.2, -0.15) is 0 Å². The molecule has 0 amide bonds. The molecule has 3 aromatic rings. The number of oxazole rings is 1. The van der Waals surface area contributed by atoms with Crippen LogP contribution in [-0.4, -0.2) is 18.8 Å². The molecule has 2 aromatic carbocycles. The first kappa shape index (κ1) is 14.3. The molecular weight excluding hydrogens is 282 g/mol. The van der Waals surface area contributed by atoms with E-state index in [1.807, 2.05) is 37.3 Å². The molecule has 1 aromatic heterocycles. The van der Waals surface area contributed by atoms with Crippen LogP contribution >= 0.6 is 0 Å². The van der Waals surface area contributed by atoms with E-state index in [-0.39, 0.29) is 5.76 Å². The second kappa shape index (κ2) is 5.60. The molecule has 0 atom stereocenters. The molecule has 0 aliphatic carbocycles. The Labute approximate surface area is 127 Å². The lowest BCUT2D eigenvalue weighted by molar-refractivity contribution is 0.393. The molecule has 0 fully saturated rings. The monoisotopic (exact) mass is 299 g/mol. The molecule has 0 aliphatic heterocycles. The summed E-state index contributed by atoms with van der Waals surface area (Å²) < 4.78 is 17.4. The number of hydrogen-bond donors (Lipinski definition) is 0. The zero-order valence-electron chi connectivity index (χ0n) is 12.8. The van der Waals surface area contributed by atoms with Crippen molar-refractivity contribution in [1.29, 1.82) is 0 Å². The fourth-order valence-electron chi connectivity index (χ4n) is 2.46. The highest BCUT2D eigenvalue weighted by Crippen LogP contribution is 2.24. The number of aryl methyl sites for hydroxylation is 1. The fourth-order valence-corrected chi connectivity index (χ4v) is 2.46. The van der Waals surface area contributed by atoms with Gasteiger partial charge in [-0.1, -0.05) is 6.07 Å². The van der Waals surface area contributed by atoms with Gasteiger partial charge in [0.05, 0.1) is 26.3 Å². The molecule has 0 aliphatic rings. The third-order valence-corrected chi connectivity index (χ3v) is 3.57. The van der Waals surface area contributed by atoms with Crippen LogP contribution in [-0.2, 0) is 6.54 Å². The minimum Gasteiger partial charge on any atom is -0.497 e. The Kier molecular flexibility index (Phi) is 3.63. The minimum absolute atomic E-state index is 0.373. The van der Waals surface area contributed by atoms with E-state index in [0.29, 0.717) is 23.6 Å². The van der Waals surface area contributed by atoms with Gasteiger partial charge in [-0.3, -0.25) is 4.57 Å². The van der Waals surface area contributed by atoms with Crippen molar-refractivity contribution in [3.05, 3.63) is 58.1 Å².